The first-order valence-electron chi connectivity index (χ1n) is 11.6. The fourth-order valence-corrected chi connectivity index (χ4v) is 4.48. The first-order chi connectivity index (χ1) is 16.6. The highest BCUT2D eigenvalue weighted by Gasteiger charge is 2.39. The zero-order valence-corrected chi connectivity index (χ0v) is 19.2. The average Bonchev–Trinajstić information content (AvgIpc) is 3.45. The summed E-state index contributed by atoms with van der Waals surface area (Å²) >= 11 is 0. The number of amides is 1. The Labute approximate surface area is 196 Å². The van der Waals surface area contributed by atoms with Crippen LogP contribution in [-0.4, -0.2) is 63.8 Å². The lowest BCUT2D eigenvalue weighted by Crippen LogP contribution is -2.36. The number of nitrogens with zero attached hydrogens (tertiary/aromatic N) is 6. The third-order valence-electron chi connectivity index (χ3n) is 6.64. The molecule has 10 heteroatoms. The molecule has 174 valence electrons. The first-order valence-corrected chi connectivity index (χ1v) is 11.6. The second-order valence-electron chi connectivity index (χ2n) is 8.92. The predicted molar refractivity (Wildman–Crippen MR) is 130 cm³/mol. The van der Waals surface area contributed by atoms with Crippen molar-refractivity contribution in [1.82, 2.24) is 24.6 Å². The van der Waals surface area contributed by atoms with Crippen LogP contribution >= 0.6 is 0 Å². The van der Waals surface area contributed by atoms with Gasteiger partial charge in [0, 0.05) is 54.8 Å². The summed E-state index contributed by atoms with van der Waals surface area (Å²) in [4.78, 5) is 28.5. The van der Waals surface area contributed by atoms with E-state index in [1.807, 2.05) is 25.4 Å². The van der Waals surface area contributed by atoms with Gasteiger partial charge >= 0.3 is 0 Å². The van der Waals surface area contributed by atoms with E-state index in [9.17, 15) is 4.79 Å². The highest BCUT2D eigenvalue weighted by molar-refractivity contribution is 6.03. The Bertz CT molecular complexity index is 1390. The van der Waals surface area contributed by atoms with Crippen LogP contribution in [0.15, 0.2) is 36.8 Å². The lowest BCUT2D eigenvalue weighted by atomic mass is 10.1. The zero-order chi connectivity index (χ0) is 23.2. The highest BCUT2D eigenvalue weighted by Crippen LogP contribution is 2.39. The maximum atomic E-state index is 12.5. The number of carbonyl (C=O) groups is 1. The third-order valence-corrected chi connectivity index (χ3v) is 6.64. The van der Waals surface area contributed by atoms with Gasteiger partial charge in [0.2, 0.25) is 5.91 Å². The van der Waals surface area contributed by atoms with E-state index in [2.05, 4.69) is 38.5 Å². The summed E-state index contributed by atoms with van der Waals surface area (Å²) in [5.41, 5.74) is 2.62. The Kier molecular flexibility index (Phi) is 5.02. The average molecular weight is 459 g/mol. The van der Waals surface area contributed by atoms with Crippen molar-refractivity contribution in [3.63, 3.8) is 0 Å². The maximum absolute atomic E-state index is 12.5. The molecule has 0 spiro atoms. The molecule has 1 aliphatic heterocycles. The van der Waals surface area contributed by atoms with Gasteiger partial charge in [-0.1, -0.05) is 6.92 Å². The summed E-state index contributed by atoms with van der Waals surface area (Å²) in [6.45, 7) is 5.24. The number of fused-ring (bicyclic) bond motifs is 2. The highest BCUT2D eigenvalue weighted by atomic mass is 16.5. The molecule has 0 bridgehead atoms. The molecule has 2 fully saturated rings. The molecule has 4 aromatic rings. The van der Waals surface area contributed by atoms with Crippen LogP contribution in [0.3, 0.4) is 0 Å². The minimum atomic E-state index is 0.0188. The van der Waals surface area contributed by atoms with Crippen molar-refractivity contribution in [3.05, 3.63) is 36.8 Å². The normalized spacial score (nSPS) is 20.0. The summed E-state index contributed by atoms with van der Waals surface area (Å²) in [6, 6.07) is 5.92. The number of anilines is 3. The Morgan fingerprint density at radius 3 is 2.74 bits per heavy atom. The number of nitrogens with one attached hydrogen (secondary N) is 2. The number of aromatic nitrogens is 5. The second-order valence-corrected chi connectivity index (χ2v) is 8.92. The third kappa shape index (κ3) is 3.69. The van der Waals surface area contributed by atoms with Gasteiger partial charge in [-0.3, -0.25) is 4.79 Å². The van der Waals surface area contributed by atoms with E-state index in [1.165, 1.54) is 0 Å². The van der Waals surface area contributed by atoms with Crippen molar-refractivity contribution in [2.75, 3.05) is 48.9 Å². The fraction of sp³-hybridized carbons (Fsp3) is 0.375. The molecule has 6 rings (SSSR count). The molecular weight excluding hydrogens is 432 g/mol. The monoisotopic (exact) mass is 458 g/mol. The summed E-state index contributed by atoms with van der Waals surface area (Å²) in [7, 11) is 1.82. The minimum Gasteiger partial charge on any atom is -0.378 e. The maximum Gasteiger partial charge on any atom is 0.228 e. The van der Waals surface area contributed by atoms with Crippen LogP contribution in [0.25, 0.3) is 27.8 Å². The van der Waals surface area contributed by atoms with Gasteiger partial charge < -0.3 is 20.3 Å². The van der Waals surface area contributed by atoms with E-state index in [1.54, 1.807) is 16.9 Å². The Morgan fingerprint density at radius 2 is 1.97 bits per heavy atom. The standard InChI is InChI=1S/C24H26N8O2/c1-14-9-16(14)24(33)28-20-10-17-18(11-26-20)22(25-2)27-12-19(17)23-29-21-4-3-15(13-32(21)30-23)31-5-7-34-8-6-31/h3-4,10-14,16H,5-9H2,1-2H3,(H,25,27)(H,26,28,33)/t14-,16+/m0/s1. The van der Waals surface area contributed by atoms with E-state index >= 15 is 0 Å². The Balaban J connectivity index is 1.40. The summed E-state index contributed by atoms with van der Waals surface area (Å²) in [5.74, 6) is 2.32. The molecule has 1 aliphatic carbocycles. The van der Waals surface area contributed by atoms with E-state index in [-0.39, 0.29) is 11.8 Å². The van der Waals surface area contributed by atoms with Crippen LogP contribution in [0.5, 0.6) is 0 Å². The Morgan fingerprint density at radius 1 is 1.15 bits per heavy atom. The van der Waals surface area contributed by atoms with Crippen molar-refractivity contribution >= 4 is 39.6 Å². The van der Waals surface area contributed by atoms with Gasteiger partial charge in [-0.2, -0.15) is 0 Å². The molecule has 2 aliphatic rings. The lowest BCUT2D eigenvalue weighted by molar-refractivity contribution is -0.117. The molecule has 2 N–H and O–H groups in total. The van der Waals surface area contributed by atoms with Gasteiger partial charge in [0.1, 0.15) is 11.6 Å². The summed E-state index contributed by atoms with van der Waals surface area (Å²) in [6.07, 6.45) is 6.42. The van der Waals surface area contributed by atoms with E-state index in [0.29, 0.717) is 23.4 Å². The lowest BCUT2D eigenvalue weighted by Gasteiger charge is -2.28. The number of rotatable bonds is 5. The predicted octanol–water partition coefficient (Wildman–Crippen LogP) is 2.81. The van der Waals surface area contributed by atoms with Crippen LogP contribution in [0.2, 0.25) is 0 Å². The zero-order valence-electron chi connectivity index (χ0n) is 19.2. The molecule has 5 heterocycles. The molecule has 4 aromatic heterocycles. The molecule has 10 nitrogen and oxygen atoms in total. The Hall–Kier alpha value is -3.79. The van der Waals surface area contributed by atoms with Crippen molar-refractivity contribution < 1.29 is 9.53 Å². The SMILES string of the molecule is CNc1ncc(-c2nc3ccc(N4CCOCC4)cn3n2)c2cc(NC(=O)[C@@H]3C[C@@H]3C)ncc12. The van der Waals surface area contributed by atoms with Crippen LogP contribution in [0.4, 0.5) is 17.3 Å². The van der Waals surface area contributed by atoms with Crippen molar-refractivity contribution in [1.29, 1.82) is 0 Å². The van der Waals surface area contributed by atoms with Gasteiger partial charge in [0.25, 0.3) is 0 Å². The number of morpholine rings is 1. The molecule has 1 saturated heterocycles. The summed E-state index contributed by atoms with van der Waals surface area (Å²) < 4.78 is 7.27. The van der Waals surface area contributed by atoms with Gasteiger partial charge in [0.15, 0.2) is 11.5 Å². The first kappa shape index (κ1) is 20.8. The minimum absolute atomic E-state index is 0.0188. The number of hydrogen-bond donors (Lipinski definition) is 2. The smallest absolute Gasteiger partial charge is 0.228 e. The summed E-state index contributed by atoms with van der Waals surface area (Å²) in [5, 5.41) is 12.5. The number of carbonyl (C=O) groups excluding carboxylic acids is 1. The largest absolute Gasteiger partial charge is 0.378 e. The second kappa shape index (κ2) is 8.21. The molecule has 34 heavy (non-hydrogen) atoms. The molecule has 0 aromatic carbocycles. The van der Waals surface area contributed by atoms with Gasteiger partial charge in [-0.05, 0) is 30.5 Å². The van der Waals surface area contributed by atoms with Crippen LogP contribution < -0.4 is 15.5 Å². The molecular formula is C24H26N8O2. The van der Waals surface area contributed by atoms with E-state index in [0.717, 1.165) is 60.4 Å². The van der Waals surface area contributed by atoms with Gasteiger partial charge in [0.05, 0.1) is 25.1 Å². The molecule has 0 radical (unpaired) electrons. The van der Waals surface area contributed by atoms with Crippen molar-refractivity contribution in [2.45, 2.75) is 13.3 Å². The van der Waals surface area contributed by atoms with Crippen molar-refractivity contribution in [3.8, 4) is 11.4 Å². The molecule has 1 saturated carbocycles. The quantitative estimate of drug-likeness (QED) is 0.470. The number of hydrogen-bond acceptors (Lipinski definition) is 8. The van der Waals surface area contributed by atoms with Gasteiger partial charge in [-0.25, -0.2) is 19.5 Å². The van der Waals surface area contributed by atoms with Crippen LogP contribution in [-0.2, 0) is 9.53 Å². The van der Waals surface area contributed by atoms with Crippen LogP contribution in [0, 0.1) is 11.8 Å². The van der Waals surface area contributed by atoms with Gasteiger partial charge in [-0.15, -0.1) is 5.10 Å². The number of ether oxygens (including phenoxy) is 1. The molecule has 2 atom stereocenters. The number of pyridine rings is 3. The topological polar surface area (TPSA) is 110 Å². The van der Waals surface area contributed by atoms with E-state index < -0.39 is 0 Å². The van der Waals surface area contributed by atoms with Crippen LogP contribution in [0.1, 0.15) is 13.3 Å². The molecule has 1 amide bonds. The fourth-order valence-electron chi connectivity index (χ4n) is 4.48. The van der Waals surface area contributed by atoms with Crippen molar-refractivity contribution in [2.24, 2.45) is 11.8 Å². The molecule has 0 unspecified atom stereocenters. The van der Waals surface area contributed by atoms with E-state index in [4.69, 9.17) is 14.8 Å².